The fraction of sp³-hybridized carbons (Fsp3) is 0.222. The summed E-state index contributed by atoms with van der Waals surface area (Å²) in [5.74, 6) is -1.59. The van der Waals surface area contributed by atoms with Crippen LogP contribution in [0.25, 0.3) is 0 Å². The van der Waals surface area contributed by atoms with Crippen LogP contribution in [0.1, 0.15) is 17.5 Å². The number of aliphatic carboxylic acids is 1. The van der Waals surface area contributed by atoms with Gasteiger partial charge in [0.1, 0.15) is 6.04 Å². The van der Waals surface area contributed by atoms with E-state index in [1.54, 1.807) is 6.07 Å². The Hall–Kier alpha value is -3.22. The van der Waals surface area contributed by atoms with Gasteiger partial charge in [0.2, 0.25) is 5.91 Å². The highest BCUT2D eigenvalue weighted by Gasteiger charge is 2.20. The lowest BCUT2D eigenvalue weighted by molar-refractivity contribution is -0.384. The van der Waals surface area contributed by atoms with Crippen LogP contribution in [0.15, 0.2) is 54.6 Å². The number of carbonyl (C=O) groups is 2. The molecule has 0 aliphatic carbocycles. The van der Waals surface area contributed by atoms with Gasteiger partial charge in [0.15, 0.2) is 0 Å². The Labute approximate surface area is 144 Å². The Balaban J connectivity index is 1.94. The molecule has 2 aromatic carbocycles. The molecule has 130 valence electrons. The number of hydrogen-bond acceptors (Lipinski definition) is 4. The van der Waals surface area contributed by atoms with E-state index in [9.17, 15) is 24.8 Å². The summed E-state index contributed by atoms with van der Waals surface area (Å²) in [5, 5.41) is 22.5. The summed E-state index contributed by atoms with van der Waals surface area (Å²) >= 11 is 0. The van der Waals surface area contributed by atoms with E-state index in [4.69, 9.17) is 0 Å². The monoisotopic (exact) mass is 342 g/mol. The number of aryl methyl sites for hydroxylation is 1. The molecule has 0 aromatic heterocycles. The highest BCUT2D eigenvalue weighted by Crippen LogP contribution is 2.13. The number of non-ortho nitro benzene ring substituents is 1. The van der Waals surface area contributed by atoms with Crippen LogP contribution in [-0.2, 0) is 22.4 Å². The van der Waals surface area contributed by atoms with Crippen molar-refractivity contribution in [2.75, 3.05) is 0 Å². The summed E-state index contributed by atoms with van der Waals surface area (Å²) in [7, 11) is 0. The molecule has 0 fully saturated rings. The summed E-state index contributed by atoms with van der Waals surface area (Å²) < 4.78 is 0. The normalized spacial score (nSPS) is 11.5. The number of carboxylic acids is 1. The number of carbonyl (C=O) groups excluding carboxylic acids is 1. The van der Waals surface area contributed by atoms with Gasteiger partial charge in [0, 0.05) is 12.1 Å². The largest absolute Gasteiger partial charge is 0.480 e. The van der Waals surface area contributed by atoms with Gasteiger partial charge in [-0.3, -0.25) is 14.9 Å². The van der Waals surface area contributed by atoms with Crippen molar-refractivity contribution < 1.29 is 19.6 Å². The molecule has 0 spiro atoms. The second kappa shape index (κ2) is 8.58. The van der Waals surface area contributed by atoms with Crippen molar-refractivity contribution in [1.82, 2.24) is 5.32 Å². The molecule has 1 atom stereocenters. The van der Waals surface area contributed by atoms with Crippen LogP contribution >= 0.6 is 0 Å². The molecule has 0 radical (unpaired) electrons. The summed E-state index contributed by atoms with van der Waals surface area (Å²) in [5.41, 5.74) is 1.34. The third-order valence-corrected chi connectivity index (χ3v) is 3.68. The van der Waals surface area contributed by atoms with Gasteiger partial charge in [-0.1, -0.05) is 42.5 Å². The first-order valence-electron chi connectivity index (χ1n) is 7.75. The smallest absolute Gasteiger partial charge is 0.326 e. The van der Waals surface area contributed by atoms with Gasteiger partial charge < -0.3 is 10.4 Å². The Bertz CT molecular complexity index is 761. The summed E-state index contributed by atoms with van der Waals surface area (Å²) in [6.45, 7) is 0. The molecule has 7 heteroatoms. The molecule has 0 bridgehead atoms. The lowest BCUT2D eigenvalue weighted by Crippen LogP contribution is -2.41. The predicted molar refractivity (Wildman–Crippen MR) is 91.1 cm³/mol. The van der Waals surface area contributed by atoms with E-state index in [0.717, 1.165) is 5.56 Å². The van der Waals surface area contributed by atoms with Crippen LogP contribution in [0, 0.1) is 10.1 Å². The standard InChI is InChI=1S/C18H18N2O5/c21-17(12-14-7-4-8-15(11-14)20(24)25)19-16(18(22)23)10-9-13-5-2-1-3-6-13/h1-8,11,16H,9-10,12H2,(H,19,21)(H,22,23)/t16-/m0/s1. The molecular formula is C18H18N2O5. The van der Waals surface area contributed by atoms with E-state index in [2.05, 4.69) is 5.32 Å². The second-order valence-corrected chi connectivity index (χ2v) is 5.59. The molecule has 2 rings (SSSR count). The molecule has 0 saturated heterocycles. The average Bonchev–Trinajstić information content (AvgIpc) is 2.59. The average molecular weight is 342 g/mol. The number of nitro benzene ring substituents is 1. The van der Waals surface area contributed by atoms with E-state index in [0.29, 0.717) is 12.0 Å². The number of nitrogens with zero attached hydrogens (tertiary/aromatic N) is 1. The van der Waals surface area contributed by atoms with Crippen molar-refractivity contribution in [1.29, 1.82) is 0 Å². The van der Waals surface area contributed by atoms with Crippen molar-refractivity contribution >= 4 is 17.6 Å². The highest BCUT2D eigenvalue weighted by molar-refractivity contribution is 5.84. The first-order chi connectivity index (χ1) is 12.0. The maximum atomic E-state index is 12.1. The van der Waals surface area contributed by atoms with E-state index >= 15 is 0 Å². The van der Waals surface area contributed by atoms with Crippen LogP contribution in [0.5, 0.6) is 0 Å². The molecule has 0 aliphatic heterocycles. The zero-order valence-electron chi connectivity index (χ0n) is 13.4. The van der Waals surface area contributed by atoms with Crippen LogP contribution in [0.4, 0.5) is 5.69 Å². The quantitative estimate of drug-likeness (QED) is 0.565. The third-order valence-electron chi connectivity index (χ3n) is 3.68. The second-order valence-electron chi connectivity index (χ2n) is 5.59. The van der Waals surface area contributed by atoms with Gasteiger partial charge in [-0.15, -0.1) is 0 Å². The highest BCUT2D eigenvalue weighted by atomic mass is 16.6. The first-order valence-corrected chi connectivity index (χ1v) is 7.75. The Kier molecular flexibility index (Phi) is 6.22. The van der Waals surface area contributed by atoms with Crippen molar-refractivity contribution in [2.45, 2.75) is 25.3 Å². The van der Waals surface area contributed by atoms with Crippen LogP contribution in [-0.4, -0.2) is 27.9 Å². The zero-order valence-corrected chi connectivity index (χ0v) is 13.4. The number of hydrogen-bond donors (Lipinski definition) is 2. The lowest BCUT2D eigenvalue weighted by atomic mass is 10.0. The molecule has 2 N–H and O–H groups in total. The number of nitrogens with one attached hydrogen (secondary N) is 1. The van der Waals surface area contributed by atoms with E-state index in [1.165, 1.54) is 18.2 Å². The number of carboxylic acid groups (broad SMARTS) is 1. The predicted octanol–water partition coefficient (Wildman–Crippen LogP) is 2.34. The van der Waals surface area contributed by atoms with Crippen LogP contribution in [0.3, 0.4) is 0 Å². The lowest BCUT2D eigenvalue weighted by Gasteiger charge is -2.14. The Morgan fingerprint density at radius 2 is 1.76 bits per heavy atom. The molecule has 0 saturated carbocycles. The van der Waals surface area contributed by atoms with E-state index in [-0.39, 0.29) is 18.5 Å². The van der Waals surface area contributed by atoms with E-state index < -0.39 is 22.8 Å². The van der Waals surface area contributed by atoms with Gasteiger partial charge >= 0.3 is 5.97 Å². The Morgan fingerprint density at radius 1 is 1.08 bits per heavy atom. The molecule has 0 unspecified atom stereocenters. The zero-order chi connectivity index (χ0) is 18.2. The molecule has 2 aromatic rings. The van der Waals surface area contributed by atoms with Crippen molar-refractivity contribution in [3.8, 4) is 0 Å². The van der Waals surface area contributed by atoms with Crippen molar-refractivity contribution in [2.24, 2.45) is 0 Å². The van der Waals surface area contributed by atoms with Gasteiger partial charge in [0.05, 0.1) is 11.3 Å². The minimum atomic E-state index is -1.11. The van der Waals surface area contributed by atoms with Gasteiger partial charge in [0.25, 0.3) is 5.69 Å². The molecular weight excluding hydrogens is 324 g/mol. The van der Waals surface area contributed by atoms with Gasteiger partial charge in [-0.2, -0.15) is 0 Å². The number of rotatable bonds is 8. The minimum Gasteiger partial charge on any atom is -0.480 e. The number of benzene rings is 2. The first kappa shape index (κ1) is 18.1. The Morgan fingerprint density at radius 3 is 2.40 bits per heavy atom. The number of nitro groups is 1. The van der Waals surface area contributed by atoms with Crippen molar-refractivity contribution in [3.05, 3.63) is 75.8 Å². The minimum absolute atomic E-state index is 0.107. The fourth-order valence-electron chi connectivity index (χ4n) is 2.42. The molecule has 7 nitrogen and oxygen atoms in total. The van der Waals surface area contributed by atoms with Crippen molar-refractivity contribution in [3.63, 3.8) is 0 Å². The maximum absolute atomic E-state index is 12.1. The van der Waals surface area contributed by atoms with Gasteiger partial charge in [-0.25, -0.2) is 4.79 Å². The number of amides is 1. The molecule has 0 heterocycles. The topological polar surface area (TPSA) is 110 Å². The van der Waals surface area contributed by atoms with Crippen LogP contribution < -0.4 is 5.32 Å². The molecule has 1 amide bonds. The SMILES string of the molecule is O=C(Cc1cccc([N+](=O)[O-])c1)N[C@@H](CCc1ccccc1)C(=O)O. The summed E-state index contributed by atoms with van der Waals surface area (Å²) in [4.78, 5) is 33.6. The van der Waals surface area contributed by atoms with Gasteiger partial charge in [-0.05, 0) is 24.0 Å². The van der Waals surface area contributed by atoms with E-state index in [1.807, 2.05) is 30.3 Å². The maximum Gasteiger partial charge on any atom is 0.326 e. The molecule has 0 aliphatic rings. The summed E-state index contributed by atoms with van der Waals surface area (Å²) in [6.07, 6.45) is 0.672. The summed E-state index contributed by atoms with van der Waals surface area (Å²) in [6, 6.07) is 14.1. The third kappa shape index (κ3) is 5.72. The van der Waals surface area contributed by atoms with Crippen LogP contribution in [0.2, 0.25) is 0 Å². The molecule has 25 heavy (non-hydrogen) atoms. The fourth-order valence-corrected chi connectivity index (χ4v) is 2.42.